The third kappa shape index (κ3) is 4.09. The molecule has 210 valence electrons. The van der Waals surface area contributed by atoms with Gasteiger partial charge < -0.3 is 4.42 Å². The molecule has 1 aromatic heterocycles. The van der Waals surface area contributed by atoms with Gasteiger partial charge >= 0.3 is 0 Å². The van der Waals surface area contributed by atoms with Gasteiger partial charge in [-0.25, -0.2) is 0 Å². The molecule has 0 spiro atoms. The van der Waals surface area contributed by atoms with E-state index >= 15 is 0 Å². The molecular weight excluding hydrogens is 544 g/mol. The number of fused-ring (bicyclic) bond motifs is 5. The second kappa shape index (κ2) is 10.4. The zero-order valence-electron chi connectivity index (χ0n) is 33.8. The van der Waals surface area contributed by atoms with Gasteiger partial charge in [-0.1, -0.05) is 158 Å². The highest BCUT2D eigenvalue weighted by Gasteiger charge is 2.21. The van der Waals surface area contributed by atoms with E-state index in [1.165, 1.54) is 0 Å². The first-order valence-electron chi connectivity index (χ1n) is 19.6. The largest absolute Gasteiger partial charge is 0.456 e. The van der Waals surface area contributed by atoms with Crippen LogP contribution in [-0.2, 0) is 0 Å². The van der Waals surface area contributed by atoms with Crippen molar-refractivity contribution in [2.24, 2.45) is 0 Å². The Morgan fingerprint density at radius 3 is 1.38 bits per heavy atom. The van der Waals surface area contributed by atoms with Crippen LogP contribution >= 0.6 is 0 Å². The van der Waals surface area contributed by atoms with E-state index < -0.39 is 6.04 Å². The molecule has 0 aliphatic heterocycles. The quantitative estimate of drug-likeness (QED) is 0.188. The normalized spacial score (nSPS) is 14.7. The molecule has 1 heterocycles. The fourth-order valence-electron chi connectivity index (χ4n) is 6.37. The summed E-state index contributed by atoms with van der Waals surface area (Å²) in [6.07, 6.45) is 0. The fourth-order valence-corrected chi connectivity index (χ4v) is 6.37. The predicted molar refractivity (Wildman–Crippen MR) is 190 cm³/mol. The summed E-state index contributed by atoms with van der Waals surface area (Å²) >= 11 is 0. The molecule has 9 aromatic rings. The summed E-state index contributed by atoms with van der Waals surface area (Å²) in [4.78, 5) is 0. The molecule has 0 bridgehead atoms. The number of hydrogen-bond acceptors (Lipinski definition) is 1. The molecule has 0 aliphatic rings. The maximum absolute atomic E-state index is 9.50. The van der Waals surface area contributed by atoms with E-state index in [9.17, 15) is 4.11 Å². The van der Waals surface area contributed by atoms with E-state index in [1.807, 2.05) is 60.7 Å². The van der Waals surface area contributed by atoms with Crippen LogP contribution in [0.1, 0.15) is 13.7 Å². The summed E-state index contributed by atoms with van der Waals surface area (Å²) in [5, 5.41) is 2.86. The van der Waals surface area contributed by atoms with E-state index in [0.717, 1.165) is 0 Å². The average Bonchev–Trinajstić information content (AvgIpc) is 3.60. The molecular formula is C44H28O. The van der Waals surface area contributed by atoms with E-state index in [0.29, 0.717) is 49.4 Å². The van der Waals surface area contributed by atoms with Gasteiger partial charge in [0.15, 0.2) is 0 Å². The van der Waals surface area contributed by atoms with Gasteiger partial charge in [-0.15, -0.1) is 0 Å². The molecule has 0 saturated carbocycles. The van der Waals surface area contributed by atoms with Gasteiger partial charge in [0.2, 0.25) is 0 Å². The van der Waals surface area contributed by atoms with Crippen molar-refractivity contribution in [1.82, 2.24) is 0 Å². The minimum absolute atomic E-state index is 0.0259. The van der Waals surface area contributed by atoms with E-state index in [4.69, 9.17) is 14.0 Å². The lowest BCUT2D eigenvalue weighted by Gasteiger charge is -2.18. The van der Waals surface area contributed by atoms with Gasteiger partial charge in [0.05, 0.1) is 13.7 Å². The Morgan fingerprint density at radius 1 is 0.356 bits per heavy atom. The van der Waals surface area contributed by atoms with E-state index in [-0.39, 0.29) is 93.0 Å². The van der Waals surface area contributed by atoms with Crippen molar-refractivity contribution in [3.05, 3.63) is 170 Å². The molecule has 9 rings (SSSR count). The second-order valence-electron chi connectivity index (χ2n) is 10.8. The van der Waals surface area contributed by atoms with Gasteiger partial charge in [-0.05, 0) is 78.1 Å². The number of benzene rings is 8. The standard InChI is InChI=1S/C44H28O/c1-3-13-29(14-4-1)30-25-27-32(28-26-30)41-34-17-7-9-19-36(34)42(37-20-10-8-18-35(37)41)38-22-12-24-40-44(38)43-33(21-11-23-39(43)45-40)31-15-5-2-6-16-31/h1-28H/i11D,12D,21D,22D,23D,24D,25D,26D,27D,28D. The summed E-state index contributed by atoms with van der Waals surface area (Å²) in [7, 11) is 0. The van der Waals surface area contributed by atoms with Crippen LogP contribution in [0.25, 0.3) is 88.0 Å². The lowest BCUT2D eigenvalue weighted by Crippen LogP contribution is -1.91. The van der Waals surface area contributed by atoms with E-state index in [1.54, 1.807) is 48.5 Å². The third-order valence-corrected chi connectivity index (χ3v) is 8.32. The number of furan rings is 1. The van der Waals surface area contributed by atoms with Crippen LogP contribution < -0.4 is 0 Å². The summed E-state index contributed by atoms with van der Waals surface area (Å²) in [6, 6.07) is 29.8. The molecule has 0 radical (unpaired) electrons. The Hall–Kier alpha value is -5.92. The minimum atomic E-state index is -0.403. The summed E-state index contributed by atoms with van der Waals surface area (Å²) in [6.45, 7) is 0. The molecule has 0 saturated heterocycles. The average molecular weight is 583 g/mol. The zero-order chi connectivity index (χ0) is 38.4. The van der Waals surface area contributed by atoms with Gasteiger partial charge in [0.1, 0.15) is 11.2 Å². The van der Waals surface area contributed by atoms with Gasteiger partial charge in [0.25, 0.3) is 0 Å². The summed E-state index contributed by atoms with van der Waals surface area (Å²) < 4.78 is 97.2. The summed E-state index contributed by atoms with van der Waals surface area (Å²) in [5.41, 5.74) is 2.92. The Kier molecular flexibility index (Phi) is 4.01. The van der Waals surface area contributed by atoms with Gasteiger partial charge in [-0.3, -0.25) is 0 Å². The lowest BCUT2D eigenvalue weighted by atomic mass is 9.84. The Morgan fingerprint density at radius 2 is 0.800 bits per heavy atom. The SMILES string of the molecule is [2H]c1c([2H])c(-c2c3ccccc3c(-c3c([2H])c([2H])c([2H])c4oc5c([2H])c([2H])c([2H])c(-c6ccccc6)c5c34)c3ccccc23)c([2H])c([2H])c1-c1ccccc1. The van der Waals surface area contributed by atoms with Crippen molar-refractivity contribution >= 4 is 43.5 Å². The van der Waals surface area contributed by atoms with Crippen molar-refractivity contribution < 1.29 is 18.1 Å². The van der Waals surface area contributed by atoms with Crippen molar-refractivity contribution in [1.29, 1.82) is 0 Å². The maximum Gasteiger partial charge on any atom is 0.136 e. The topological polar surface area (TPSA) is 13.1 Å². The predicted octanol–water partition coefficient (Wildman–Crippen LogP) is 12.6. The Bertz CT molecular complexity index is 3000. The highest BCUT2D eigenvalue weighted by atomic mass is 16.3. The van der Waals surface area contributed by atoms with Gasteiger partial charge in [0, 0.05) is 10.8 Å². The third-order valence-electron chi connectivity index (χ3n) is 8.32. The molecule has 45 heavy (non-hydrogen) atoms. The van der Waals surface area contributed by atoms with Gasteiger partial charge in [-0.2, -0.15) is 0 Å². The molecule has 1 nitrogen and oxygen atoms in total. The Balaban J connectivity index is 1.49. The molecule has 1 heteroatoms. The maximum atomic E-state index is 9.50. The number of rotatable bonds is 4. The van der Waals surface area contributed by atoms with Crippen LogP contribution in [-0.4, -0.2) is 0 Å². The lowest BCUT2D eigenvalue weighted by molar-refractivity contribution is 0.669. The Labute approximate surface area is 275 Å². The first-order valence-corrected chi connectivity index (χ1v) is 14.6. The molecule has 0 unspecified atom stereocenters. The molecule has 0 amide bonds. The second-order valence-corrected chi connectivity index (χ2v) is 10.8. The van der Waals surface area contributed by atoms with Crippen LogP contribution in [0, 0.1) is 0 Å². The zero-order valence-corrected chi connectivity index (χ0v) is 23.8. The molecule has 0 N–H and O–H groups in total. The first kappa shape index (κ1) is 17.4. The summed E-state index contributed by atoms with van der Waals surface area (Å²) in [5.74, 6) is 0. The van der Waals surface area contributed by atoms with Crippen LogP contribution in [0.15, 0.2) is 174 Å². The van der Waals surface area contributed by atoms with Crippen molar-refractivity contribution in [3.8, 4) is 44.5 Å². The molecule has 8 aromatic carbocycles. The minimum Gasteiger partial charge on any atom is -0.456 e. The first-order chi connectivity index (χ1) is 26.5. The van der Waals surface area contributed by atoms with Crippen molar-refractivity contribution in [3.63, 3.8) is 0 Å². The molecule has 0 aliphatic carbocycles. The van der Waals surface area contributed by atoms with Crippen LogP contribution in [0.3, 0.4) is 0 Å². The van der Waals surface area contributed by atoms with Crippen LogP contribution in [0.2, 0.25) is 0 Å². The highest BCUT2D eigenvalue weighted by molar-refractivity contribution is 6.26. The van der Waals surface area contributed by atoms with Crippen LogP contribution in [0.4, 0.5) is 0 Å². The van der Waals surface area contributed by atoms with Crippen molar-refractivity contribution in [2.45, 2.75) is 0 Å². The fraction of sp³-hybridized carbons (Fsp3) is 0. The molecule has 0 fully saturated rings. The van der Waals surface area contributed by atoms with Crippen molar-refractivity contribution in [2.75, 3.05) is 0 Å². The molecule has 0 atom stereocenters. The van der Waals surface area contributed by atoms with Crippen LogP contribution in [0.5, 0.6) is 0 Å². The van der Waals surface area contributed by atoms with E-state index in [2.05, 4.69) is 0 Å². The monoisotopic (exact) mass is 582 g/mol. The smallest absolute Gasteiger partial charge is 0.136 e. The highest BCUT2D eigenvalue weighted by Crippen LogP contribution is 2.48. The number of hydrogen-bond donors (Lipinski definition) is 0.